The van der Waals surface area contributed by atoms with Gasteiger partial charge in [-0.1, -0.05) is 25.7 Å². The van der Waals surface area contributed by atoms with Crippen LogP contribution in [-0.2, 0) is 19.4 Å². The summed E-state index contributed by atoms with van der Waals surface area (Å²) in [7, 11) is -2.15. The Balaban J connectivity index is 2.21. The number of carbonyl (C=O) groups excluding carboxylic acids is 1. The summed E-state index contributed by atoms with van der Waals surface area (Å²) < 4.78 is 28.9. The lowest BCUT2D eigenvalue weighted by Gasteiger charge is -2.18. The normalized spacial score (nSPS) is 18.1. The van der Waals surface area contributed by atoms with Crippen molar-refractivity contribution in [1.82, 2.24) is 14.8 Å². The van der Waals surface area contributed by atoms with E-state index in [-0.39, 0.29) is 5.16 Å². The lowest BCUT2D eigenvalue weighted by molar-refractivity contribution is -0.145. The highest BCUT2D eigenvalue weighted by molar-refractivity contribution is 7.90. The van der Waals surface area contributed by atoms with Gasteiger partial charge in [0.1, 0.15) is 6.33 Å². The van der Waals surface area contributed by atoms with E-state index in [0.29, 0.717) is 12.3 Å². The molecule has 0 aliphatic heterocycles. The molecule has 1 aliphatic carbocycles. The minimum Gasteiger partial charge on any atom is -0.467 e. The van der Waals surface area contributed by atoms with E-state index in [2.05, 4.69) is 10.1 Å². The molecule has 0 amide bonds. The summed E-state index contributed by atoms with van der Waals surface area (Å²) in [5.41, 5.74) is 0. The third-order valence-electron chi connectivity index (χ3n) is 3.64. The first-order chi connectivity index (χ1) is 9.41. The number of hydrogen-bond donors (Lipinski definition) is 0. The number of sulfone groups is 1. The number of ether oxygens (including phenoxy) is 1. The molecule has 0 spiro atoms. The van der Waals surface area contributed by atoms with Gasteiger partial charge in [-0.05, 0) is 12.3 Å². The molecular weight excluding hydrogens is 282 g/mol. The molecule has 1 aromatic rings. The fourth-order valence-corrected chi connectivity index (χ4v) is 3.07. The highest BCUT2D eigenvalue weighted by Crippen LogP contribution is 2.32. The fraction of sp³-hybridized carbons (Fsp3) is 0.750. The predicted octanol–water partition coefficient (Wildman–Crippen LogP) is 0.976. The van der Waals surface area contributed by atoms with Crippen molar-refractivity contribution in [1.29, 1.82) is 0 Å². The van der Waals surface area contributed by atoms with Crippen LogP contribution in [0.4, 0.5) is 0 Å². The number of aromatic nitrogens is 3. The Kier molecular flexibility index (Phi) is 4.42. The Labute approximate surface area is 118 Å². The molecule has 1 fully saturated rings. The molecule has 1 atom stereocenters. The molecule has 112 valence electrons. The van der Waals surface area contributed by atoms with Gasteiger partial charge in [0, 0.05) is 6.26 Å². The number of carbonyl (C=O) groups is 1. The van der Waals surface area contributed by atoms with Gasteiger partial charge in [0.15, 0.2) is 6.04 Å². The molecule has 2 rings (SSSR count). The van der Waals surface area contributed by atoms with Crippen LogP contribution in [0.5, 0.6) is 0 Å². The van der Waals surface area contributed by atoms with Crippen molar-refractivity contribution in [2.24, 2.45) is 5.92 Å². The van der Waals surface area contributed by atoms with E-state index < -0.39 is 21.8 Å². The van der Waals surface area contributed by atoms with Crippen LogP contribution in [0.1, 0.15) is 38.1 Å². The van der Waals surface area contributed by atoms with E-state index in [1.165, 1.54) is 31.0 Å². The second-order valence-corrected chi connectivity index (χ2v) is 7.11. The number of methoxy groups -OCH3 is 1. The van der Waals surface area contributed by atoms with Crippen molar-refractivity contribution >= 4 is 15.8 Å². The molecule has 7 nitrogen and oxygen atoms in total. The molecule has 0 unspecified atom stereocenters. The summed E-state index contributed by atoms with van der Waals surface area (Å²) in [4.78, 5) is 15.7. The monoisotopic (exact) mass is 301 g/mol. The van der Waals surface area contributed by atoms with E-state index in [0.717, 1.165) is 19.1 Å². The highest BCUT2D eigenvalue weighted by Gasteiger charge is 2.29. The zero-order valence-electron chi connectivity index (χ0n) is 11.7. The highest BCUT2D eigenvalue weighted by atomic mass is 32.2. The maximum Gasteiger partial charge on any atom is 0.330 e. The Bertz CT molecular complexity index is 575. The van der Waals surface area contributed by atoms with Gasteiger partial charge < -0.3 is 4.74 Å². The van der Waals surface area contributed by atoms with Gasteiger partial charge >= 0.3 is 5.97 Å². The van der Waals surface area contributed by atoms with Crippen LogP contribution in [0.2, 0.25) is 0 Å². The van der Waals surface area contributed by atoms with Gasteiger partial charge in [0.2, 0.25) is 9.84 Å². The first-order valence-electron chi connectivity index (χ1n) is 6.61. The van der Waals surface area contributed by atoms with Gasteiger partial charge in [-0.15, -0.1) is 5.10 Å². The molecule has 1 aromatic heterocycles. The number of nitrogens with zero attached hydrogens (tertiary/aromatic N) is 3. The average molecular weight is 301 g/mol. The topological polar surface area (TPSA) is 91.2 Å². The second kappa shape index (κ2) is 5.90. The molecule has 0 bridgehead atoms. The van der Waals surface area contributed by atoms with Crippen molar-refractivity contribution in [3.8, 4) is 0 Å². The summed E-state index contributed by atoms with van der Waals surface area (Å²) >= 11 is 0. The SMILES string of the molecule is COC(=O)[C@H](CC1CCCC1)n1cnc(S(C)(=O)=O)n1. The van der Waals surface area contributed by atoms with E-state index in [4.69, 9.17) is 4.74 Å². The quantitative estimate of drug-likeness (QED) is 0.753. The summed E-state index contributed by atoms with van der Waals surface area (Å²) in [5.74, 6) is 0.0341. The maximum absolute atomic E-state index is 11.9. The Hall–Kier alpha value is -1.44. The first kappa shape index (κ1) is 15.0. The molecule has 0 saturated heterocycles. The van der Waals surface area contributed by atoms with Gasteiger partial charge in [-0.25, -0.2) is 22.9 Å². The van der Waals surface area contributed by atoms with Gasteiger partial charge in [-0.3, -0.25) is 0 Å². The summed E-state index contributed by atoms with van der Waals surface area (Å²) in [6.45, 7) is 0. The van der Waals surface area contributed by atoms with Crippen LogP contribution in [-0.4, -0.2) is 42.5 Å². The lowest BCUT2D eigenvalue weighted by Crippen LogP contribution is -2.24. The van der Waals surface area contributed by atoms with Crippen LogP contribution in [0, 0.1) is 5.92 Å². The van der Waals surface area contributed by atoms with Crippen LogP contribution in [0.3, 0.4) is 0 Å². The minimum atomic E-state index is -3.47. The zero-order valence-corrected chi connectivity index (χ0v) is 12.5. The molecular formula is C12H19N3O4S. The average Bonchev–Trinajstić information content (AvgIpc) is 3.05. The predicted molar refractivity (Wildman–Crippen MR) is 70.8 cm³/mol. The second-order valence-electron chi connectivity index (χ2n) is 5.20. The number of rotatable bonds is 5. The van der Waals surface area contributed by atoms with Crippen molar-refractivity contribution in [2.75, 3.05) is 13.4 Å². The van der Waals surface area contributed by atoms with Crippen LogP contribution < -0.4 is 0 Å². The number of hydrogen-bond acceptors (Lipinski definition) is 6. The van der Waals surface area contributed by atoms with E-state index in [9.17, 15) is 13.2 Å². The standard InChI is InChI=1S/C12H19N3O4S/c1-19-11(16)10(7-9-5-3-4-6-9)15-8-13-12(14-15)20(2,17)18/h8-10H,3-7H2,1-2H3/t10-/m0/s1. The van der Waals surface area contributed by atoms with Crippen LogP contribution in [0.15, 0.2) is 11.5 Å². The van der Waals surface area contributed by atoms with Gasteiger partial charge in [0.05, 0.1) is 7.11 Å². The van der Waals surface area contributed by atoms with E-state index >= 15 is 0 Å². The third-order valence-corrected chi connectivity index (χ3v) is 4.49. The van der Waals surface area contributed by atoms with Crippen molar-refractivity contribution in [3.05, 3.63) is 6.33 Å². The lowest BCUT2D eigenvalue weighted by atomic mass is 9.98. The van der Waals surface area contributed by atoms with Gasteiger partial charge in [0.25, 0.3) is 5.16 Å². The maximum atomic E-state index is 11.9. The molecule has 20 heavy (non-hydrogen) atoms. The fourth-order valence-electron chi connectivity index (χ4n) is 2.59. The Morgan fingerprint density at radius 3 is 2.65 bits per heavy atom. The van der Waals surface area contributed by atoms with Crippen molar-refractivity contribution in [3.63, 3.8) is 0 Å². The molecule has 1 saturated carbocycles. The van der Waals surface area contributed by atoms with Gasteiger partial charge in [-0.2, -0.15) is 0 Å². The Morgan fingerprint density at radius 1 is 1.50 bits per heavy atom. The van der Waals surface area contributed by atoms with E-state index in [1.807, 2.05) is 0 Å². The molecule has 0 N–H and O–H groups in total. The number of esters is 1. The molecule has 1 heterocycles. The molecule has 8 heteroatoms. The smallest absolute Gasteiger partial charge is 0.330 e. The Morgan fingerprint density at radius 2 is 2.15 bits per heavy atom. The third kappa shape index (κ3) is 3.36. The van der Waals surface area contributed by atoms with Crippen molar-refractivity contribution < 1.29 is 17.9 Å². The minimum absolute atomic E-state index is 0.266. The summed E-state index contributed by atoms with van der Waals surface area (Å²) in [6, 6.07) is -0.605. The summed E-state index contributed by atoms with van der Waals surface area (Å²) in [6.07, 6.45) is 7.44. The largest absolute Gasteiger partial charge is 0.467 e. The zero-order chi connectivity index (χ0) is 14.8. The van der Waals surface area contributed by atoms with E-state index in [1.54, 1.807) is 0 Å². The summed E-state index contributed by atoms with van der Waals surface area (Å²) in [5, 5.41) is 3.64. The van der Waals surface area contributed by atoms with Crippen LogP contribution in [0.25, 0.3) is 0 Å². The molecule has 0 aromatic carbocycles. The first-order valence-corrected chi connectivity index (χ1v) is 8.50. The van der Waals surface area contributed by atoms with Crippen LogP contribution >= 0.6 is 0 Å². The molecule has 1 aliphatic rings. The molecule has 0 radical (unpaired) electrons. The van der Waals surface area contributed by atoms with Crippen molar-refractivity contribution in [2.45, 2.75) is 43.3 Å².